The first-order valence-corrected chi connectivity index (χ1v) is 6.93. The van der Waals surface area contributed by atoms with Crippen molar-refractivity contribution in [2.24, 2.45) is 11.3 Å². The van der Waals surface area contributed by atoms with Crippen LogP contribution in [0.5, 0.6) is 0 Å². The van der Waals surface area contributed by atoms with Gasteiger partial charge in [-0.05, 0) is 18.6 Å². The van der Waals surface area contributed by atoms with E-state index >= 15 is 0 Å². The van der Waals surface area contributed by atoms with Gasteiger partial charge in [0, 0.05) is 44.3 Å². The van der Waals surface area contributed by atoms with E-state index in [1.807, 2.05) is 12.3 Å². The summed E-state index contributed by atoms with van der Waals surface area (Å²) in [5, 5.41) is 0. The molecule has 2 saturated heterocycles. The van der Waals surface area contributed by atoms with Gasteiger partial charge in [0.2, 0.25) is 0 Å². The first-order chi connectivity index (χ1) is 9.23. The molecular weight excluding hydrogens is 240 g/mol. The van der Waals surface area contributed by atoms with Crippen LogP contribution in [-0.2, 0) is 16.0 Å². The van der Waals surface area contributed by atoms with Crippen molar-refractivity contribution in [3.05, 3.63) is 29.6 Å². The lowest BCUT2D eigenvalue weighted by molar-refractivity contribution is 0.0531. The molecule has 0 radical (unpaired) electrons. The fourth-order valence-electron chi connectivity index (χ4n) is 3.45. The highest BCUT2D eigenvalue weighted by Gasteiger charge is 2.50. The fourth-order valence-corrected chi connectivity index (χ4v) is 3.45. The standard InChI is InChI=1S/C15H22N2O2/c1-12-4-3-5-16-14(12)7-17-6-13-8-19-11-15(13,9-17)10-18-2/h3-5,13H,6-11H2,1-2H3/t13-,15-/m0/s1. The number of aryl methyl sites for hydroxylation is 1. The molecule has 0 bridgehead atoms. The topological polar surface area (TPSA) is 34.6 Å². The number of nitrogens with zero attached hydrogens (tertiary/aromatic N) is 2. The van der Waals surface area contributed by atoms with Crippen LogP contribution < -0.4 is 0 Å². The molecule has 0 aliphatic carbocycles. The second-order valence-electron chi connectivity index (χ2n) is 5.94. The molecule has 1 aromatic heterocycles. The van der Waals surface area contributed by atoms with Crippen LogP contribution in [0.2, 0.25) is 0 Å². The van der Waals surface area contributed by atoms with Crippen molar-refractivity contribution in [1.82, 2.24) is 9.88 Å². The zero-order valence-electron chi connectivity index (χ0n) is 11.8. The molecule has 0 amide bonds. The molecule has 3 heterocycles. The van der Waals surface area contributed by atoms with Crippen molar-refractivity contribution in [2.45, 2.75) is 13.5 Å². The molecule has 2 atom stereocenters. The zero-order valence-corrected chi connectivity index (χ0v) is 11.8. The van der Waals surface area contributed by atoms with Crippen LogP contribution in [0.4, 0.5) is 0 Å². The third-order valence-corrected chi connectivity index (χ3v) is 4.51. The number of fused-ring (bicyclic) bond motifs is 1. The van der Waals surface area contributed by atoms with E-state index in [1.54, 1.807) is 7.11 Å². The predicted molar refractivity (Wildman–Crippen MR) is 72.9 cm³/mol. The van der Waals surface area contributed by atoms with Crippen LogP contribution in [0.15, 0.2) is 18.3 Å². The molecule has 4 heteroatoms. The second kappa shape index (κ2) is 5.19. The Hall–Kier alpha value is -0.970. The van der Waals surface area contributed by atoms with E-state index in [1.165, 1.54) is 11.3 Å². The Bertz CT molecular complexity index is 452. The minimum atomic E-state index is 0.206. The van der Waals surface area contributed by atoms with Crippen LogP contribution >= 0.6 is 0 Å². The summed E-state index contributed by atoms with van der Waals surface area (Å²) >= 11 is 0. The zero-order chi connectivity index (χ0) is 13.3. The number of hydrogen-bond acceptors (Lipinski definition) is 4. The quantitative estimate of drug-likeness (QED) is 0.823. The van der Waals surface area contributed by atoms with Crippen LogP contribution in [-0.4, -0.2) is 49.9 Å². The van der Waals surface area contributed by atoms with E-state index < -0.39 is 0 Å². The minimum absolute atomic E-state index is 0.206. The molecule has 0 unspecified atom stereocenters. The Balaban J connectivity index is 1.70. The van der Waals surface area contributed by atoms with Gasteiger partial charge in [-0.3, -0.25) is 9.88 Å². The van der Waals surface area contributed by atoms with E-state index in [0.717, 1.165) is 39.5 Å². The van der Waals surface area contributed by atoms with Crippen molar-refractivity contribution in [2.75, 3.05) is 40.0 Å². The van der Waals surface area contributed by atoms with Crippen molar-refractivity contribution in [3.63, 3.8) is 0 Å². The first kappa shape index (κ1) is 13.0. The SMILES string of the molecule is COC[C@@]12COC[C@@H]1CN(Cc1ncccc1C)C2. The minimum Gasteiger partial charge on any atom is -0.384 e. The molecule has 2 fully saturated rings. The van der Waals surface area contributed by atoms with Gasteiger partial charge in [0.1, 0.15) is 0 Å². The lowest BCUT2D eigenvalue weighted by Crippen LogP contribution is -2.35. The maximum Gasteiger partial charge on any atom is 0.0573 e. The van der Waals surface area contributed by atoms with Crippen molar-refractivity contribution >= 4 is 0 Å². The van der Waals surface area contributed by atoms with Gasteiger partial charge >= 0.3 is 0 Å². The second-order valence-corrected chi connectivity index (χ2v) is 5.94. The summed E-state index contributed by atoms with van der Waals surface area (Å²) in [6.45, 7) is 7.74. The van der Waals surface area contributed by atoms with Gasteiger partial charge in [-0.1, -0.05) is 6.07 Å². The molecule has 0 spiro atoms. The van der Waals surface area contributed by atoms with Crippen LogP contribution in [0.3, 0.4) is 0 Å². The summed E-state index contributed by atoms with van der Waals surface area (Å²) in [7, 11) is 1.79. The molecule has 2 aliphatic rings. The molecule has 19 heavy (non-hydrogen) atoms. The van der Waals surface area contributed by atoms with Gasteiger partial charge in [-0.25, -0.2) is 0 Å². The Labute approximate surface area is 114 Å². The van der Waals surface area contributed by atoms with Gasteiger partial charge in [-0.2, -0.15) is 0 Å². The Kier molecular flexibility index (Phi) is 3.56. The monoisotopic (exact) mass is 262 g/mol. The fraction of sp³-hybridized carbons (Fsp3) is 0.667. The smallest absolute Gasteiger partial charge is 0.0573 e. The van der Waals surface area contributed by atoms with E-state index in [0.29, 0.717) is 5.92 Å². The largest absolute Gasteiger partial charge is 0.384 e. The highest BCUT2D eigenvalue weighted by atomic mass is 16.5. The number of pyridine rings is 1. The number of aromatic nitrogens is 1. The number of methoxy groups -OCH3 is 1. The molecule has 3 rings (SSSR count). The third-order valence-electron chi connectivity index (χ3n) is 4.51. The van der Waals surface area contributed by atoms with E-state index in [9.17, 15) is 0 Å². The Morgan fingerprint density at radius 3 is 3.26 bits per heavy atom. The summed E-state index contributed by atoms with van der Waals surface area (Å²) in [5.74, 6) is 0.608. The van der Waals surface area contributed by atoms with E-state index in [-0.39, 0.29) is 5.41 Å². The molecule has 4 nitrogen and oxygen atoms in total. The molecule has 0 saturated carbocycles. The summed E-state index contributed by atoms with van der Waals surface area (Å²) in [6.07, 6.45) is 1.88. The maximum absolute atomic E-state index is 5.67. The summed E-state index contributed by atoms with van der Waals surface area (Å²) < 4.78 is 11.1. The molecule has 104 valence electrons. The molecule has 1 aromatic rings. The van der Waals surface area contributed by atoms with Crippen LogP contribution in [0.25, 0.3) is 0 Å². The molecule has 0 aromatic carbocycles. The van der Waals surface area contributed by atoms with Crippen molar-refractivity contribution in [3.8, 4) is 0 Å². The van der Waals surface area contributed by atoms with Gasteiger partial charge in [0.15, 0.2) is 0 Å². The number of hydrogen-bond donors (Lipinski definition) is 0. The Morgan fingerprint density at radius 2 is 2.47 bits per heavy atom. The summed E-state index contributed by atoms with van der Waals surface area (Å²) in [4.78, 5) is 7.00. The van der Waals surface area contributed by atoms with Crippen molar-refractivity contribution < 1.29 is 9.47 Å². The maximum atomic E-state index is 5.67. The normalized spacial score (nSPS) is 30.7. The highest BCUT2D eigenvalue weighted by Crippen LogP contribution is 2.41. The van der Waals surface area contributed by atoms with Gasteiger partial charge in [0.25, 0.3) is 0 Å². The number of ether oxygens (including phenoxy) is 2. The molecule has 0 N–H and O–H groups in total. The average molecular weight is 262 g/mol. The highest BCUT2D eigenvalue weighted by molar-refractivity contribution is 5.18. The summed E-state index contributed by atoms with van der Waals surface area (Å²) in [5.41, 5.74) is 2.67. The van der Waals surface area contributed by atoms with Gasteiger partial charge in [0.05, 0.1) is 25.5 Å². The summed E-state index contributed by atoms with van der Waals surface area (Å²) in [6, 6.07) is 4.13. The molecule has 2 aliphatic heterocycles. The number of likely N-dealkylation sites (tertiary alicyclic amines) is 1. The van der Waals surface area contributed by atoms with E-state index in [2.05, 4.69) is 22.9 Å². The third kappa shape index (κ3) is 2.40. The average Bonchev–Trinajstić information content (AvgIpc) is 2.89. The van der Waals surface area contributed by atoms with Crippen molar-refractivity contribution in [1.29, 1.82) is 0 Å². The lowest BCUT2D eigenvalue weighted by atomic mass is 9.82. The lowest BCUT2D eigenvalue weighted by Gasteiger charge is -2.26. The van der Waals surface area contributed by atoms with E-state index in [4.69, 9.17) is 9.47 Å². The van der Waals surface area contributed by atoms with Crippen LogP contribution in [0, 0.1) is 18.3 Å². The van der Waals surface area contributed by atoms with Gasteiger partial charge in [-0.15, -0.1) is 0 Å². The van der Waals surface area contributed by atoms with Crippen LogP contribution in [0.1, 0.15) is 11.3 Å². The van der Waals surface area contributed by atoms with Gasteiger partial charge < -0.3 is 9.47 Å². The predicted octanol–water partition coefficient (Wildman–Crippen LogP) is 1.48. The molecular formula is C15H22N2O2. The first-order valence-electron chi connectivity index (χ1n) is 6.93. The Morgan fingerprint density at radius 1 is 1.58 bits per heavy atom. The number of rotatable bonds is 4.